The molecule has 2 fully saturated rings. The number of hydrogen-bond donors (Lipinski definition) is 3. The third-order valence-electron chi connectivity index (χ3n) is 5.08. The number of rotatable bonds is 6. The largest absolute Gasteiger partial charge is 0.369 e. The fourth-order valence-corrected chi connectivity index (χ4v) is 3.68. The lowest BCUT2D eigenvalue weighted by Gasteiger charge is -2.19. The highest BCUT2D eigenvalue weighted by Crippen LogP contribution is 2.24. The molecule has 3 rings (SSSR count). The van der Waals surface area contributed by atoms with Gasteiger partial charge in [0, 0.05) is 43.8 Å². The molecule has 0 aromatic heterocycles. The summed E-state index contributed by atoms with van der Waals surface area (Å²) in [5.74, 6) is 0.310. The molecule has 1 saturated heterocycles. The highest BCUT2D eigenvalue weighted by Gasteiger charge is 2.24. The van der Waals surface area contributed by atoms with E-state index in [-0.39, 0.29) is 23.9 Å². The predicted octanol–water partition coefficient (Wildman–Crippen LogP) is 1.87. The summed E-state index contributed by atoms with van der Waals surface area (Å²) in [5.41, 5.74) is 1.20. The number of urea groups is 1. The molecule has 1 aliphatic heterocycles. The van der Waals surface area contributed by atoms with Gasteiger partial charge in [-0.2, -0.15) is 0 Å². The molecule has 2 aliphatic rings. The fourth-order valence-electron chi connectivity index (χ4n) is 3.68. The smallest absolute Gasteiger partial charge is 0.315 e. The molecule has 1 heterocycles. The topological polar surface area (TPSA) is 73.5 Å². The number of para-hydroxylation sites is 1. The summed E-state index contributed by atoms with van der Waals surface area (Å²) < 4.78 is 0. The van der Waals surface area contributed by atoms with Crippen LogP contribution in [0.25, 0.3) is 0 Å². The Balaban J connectivity index is 1.30. The molecule has 0 unspecified atom stereocenters. The van der Waals surface area contributed by atoms with E-state index in [0.29, 0.717) is 13.1 Å². The molecular formula is C19H28N4O2. The Bertz CT molecular complexity index is 572. The van der Waals surface area contributed by atoms with Gasteiger partial charge in [-0.15, -0.1) is 0 Å². The second-order valence-electron chi connectivity index (χ2n) is 6.94. The van der Waals surface area contributed by atoms with Crippen molar-refractivity contribution in [2.45, 2.75) is 38.1 Å². The van der Waals surface area contributed by atoms with E-state index in [1.54, 1.807) is 0 Å². The summed E-state index contributed by atoms with van der Waals surface area (Å²) in [6.07, 6.45) is 5.25. The van der Waals surface area contributed by atoms with Gasteiger partial charge in [0.05, 0.1) is 0 Å². The van der Waals surface area contributed by atoms with E-state index in [9.17, 15) is 9.59 Å². The van der Waals surface area contributed by atoms with Crippen LogP contribution < -0.4 is 20.9 Å². The van der Waals surface area contributed by atoms with Gasteiger partial charge in [0.25, 0.3) is 0 Å². The third-order valence-corrected chi connectivity index (χ3v) is 5.08. The van der Waals surface area contributed by atoms with Crippen LogP contribution in [0.5, 0.6) is 0 Å². The third kappa shape index (κ3) is 5.11. The van der Waals surface area contributed by atoms with E-state index >= 15 is 0 Å². The molecule has 25 heavy (non-hydrogen) atoms. The maximum absolute atomic E-state index is 12.0. The molecule has 1 aliphatic carbocycles. The van der Waals surface area contributed by atoms with Crippen LogP contribution >= 0.6 is 0 Å². The van der Waals surface area contributed by atoms with Gasteiger partial charge in [0.1, 0.15) is 0 Å². The average Bonchev–Trinajstić information content (AvgIpc) is 3.31. The molecule has 1 aromatic rings. The number of nitrogens with one attached hydrogen (secondary N) is 3. The van der Waals surface area contributed by atoms with Crippen molar-refractivity contribution in [3.8, 4) is 0 Å². The van der Waals surface area contributed by atoms with E-state index in [2.05, 4.69) is 33.0 Å². The number of carbonyl (C=O) groups is 2. The van der Waals surface area contributed by atoms with Crippen LogP contribution in [0, 0.1) is 5.92 Å². The molecule has 6 nitrogen and oxygen atoms in total. The van der Waals surface area contributed by atoms with Crippen LogP contribution in [-0.2, 0) is 4.79 Å². The Labute approximate surface area is 149 Å². The molecule has 0 spiro atoms. The van der Waals surface area contributed by atoms with Crippen molar-refractivity contribution in [3.63, 3.8) is 0 Å². The Kier molecular flexibility index (Phi) is 6.14. The lowest BCUT2D eigenvalue weighted by Crippen LogP contribution is -2.45. The molecule has 1 aromatic carbocycles. The van der Waals surface area contributed by atoms with Crippen molar-refractivity contribution < 1.29 is 9.59 Å². The molecule has 1 atom stereocenters. The zero-order valence-corrected chi connectivity index (χ0v) is 14.7. The standard InChI is InChI=1S/C19H28N4O2/c24-18(15-6-4-5-7-15)20-11-12-21-19(25)22-16-10-13-23(14-16)17-8-2-1-3-9-17/h1-3,8-9,15-16H,4-7,10-14H2,(H,20,24)(H2,21,22,25)/t16-/m0/s1. The maximum Gasteiger partial charge on any atom is 0.315 e. The molecular weight excluding hydrogens is 316 g/mol. The van der Waals surface area contributed by atoms with Crippen LogP contribution in [0.2, 0.25) is 0 Å². The summed E-state index contributed by atoms with van der Waals surface area (Å²) in [6, 6.07) is 10.3. The molecule has 1 saturated carbocycles. The number of carbonyl (C=O) groups excluding carboxylic acids is 2. The minimum atomic E-state index is -0.157. The SMILES string of the molecule is O=C(NCCNC(=O)C1CCCC1)N[C@H]1CCN(c2ccccc2)C1. The number of benzene rings is 1. The average molecular weight is 344 g/mol. The van der Waals surface area contributed by atoms with Crippen molar-refractivity contribution >= 4 is 17.6 Å². The van der Waals surface area contributed by atoms with Crippen molar-refractivity contribution in [1.29, 1.82) is 0 Å². The van der Waals surface area contributed by atoms with E-state index in [1.165, 1.54) is 5.69 Å². The zero-order valence-electron chi connectivity index (χ0n) is 14.7. The first kappa shape index (κ1) is 17.6. The number of anilines is 1. The van der Waals surface area contributed by atoms with Gasteiger partial charge >= 0.3 is 6.03 Å². The number of amides is 3. The van der Waals surface area contributed by atoms with E-state index in [1.807, 2.05) is 18.2 Å². The van der Waals surface area contributed by atoms with Gasteiger partial charge in [-0.3, -0.25) is 4.79 Å². The number of nitrogens with zero attached hydrogens (tertiary/aromatic N) is 1. The van der Waals surface area contributed by atoms with Gasteiger partial charge in [0.15, 0.2) is 0 Å². The second kappa shape index (κ2) is 8.74. The Morgan fingerprint density at radius 1 is 1.00 bits per heavy atom. The molecule has 3 amide bonds. The van der Waals surface area contributed by atoms with Gasteiger partial charge in [-0.05, 0) is 31.4 Å². The van der Waals surface area contributed by atoms with E-state index < -0.39 is 0 Å². The minimum Gasteiger partial charge on any atom is -0.369 e. The Hall–Kier alpha value is -2.24. The van der Waals surface area contributed by atoms with Gasteiger partial charge in [0.2, 0.25) is 5.91 Å². The normalized spacial score (nSPS) is 20.5. The van der Waals surface area contributed by atoms with Crippen LogP contribution in [0.1, 0.15) is 32.1 Å². The van der Waals surface area contributed by atoms with Crippen LogP contribution in [0.15, 0.2) is 30.3 Å². The summed E-state index contributed by atoms with van der Waals surface area (Å²) in [7, 11) is 0. The quantitative estimate of drug-likeness (QED) is 0.690. The fraction of sp³-hybridized carbons (Fsp3) is 0.579. The summed E-state index contributed by atoms with van der Waals surface area (Å²) in [5, 5.41) is 8.76. The van der Waals surface area contributed by atoms with Gasteiger partial charge in [-0.25, -0.2) is 4.79 Å². The van der Waals surface area contributed by atoms with Gasteiger partial charge < -0.3 is 20.9 Å². The molecule has 3 N–H and O–H groups in total. The van der Waals surface area contributed by atoms with Gasteiger partial charge in [-0.1, -0.05) is 31.0 Å². The molecule has 0 radical (unpaired) electrons. The van der Waals surface area contributed by atoms with Crippen molar-refractivity contribution in [1.82, 2.24) is 16.0 Å². The monoisotopic (exact) mass is 344 g/mol. The highest BCUT2D eigenvalue weighted by atomic mass is 16.2. The van der Waals surface area contributed by atoms with Crippen LogP contribution in [-0.4, -0.2) is 44.2 Å². The zero-order chi connectivity index (χ0) is 17.5. The summed E-state index contributed by atoms with van der Waals surface area (Å²) in [4.78, 5) is 26.2. The second-order valence-corrected chi connectivity index (χ2v) is 6.94. The lowest BCUT2D eigenvalue weighted by atomic mass is 10.1. The first-order valence-corrected chi connectivity index (χ1v) is 9.34. The van der Waals surface area contributed by atoms with E-state index in [0.717, 1.165) is 45.2 Å². The van der Waals surface area contributed by atoms with Crippen molar-refractivity contribution in [2.24, 2.45) is 5.92 Å². The predicted molar refractivity (Wildman–Crippen MR) is 98.6 cm³/mol. The number of hydrogen-bond acceptors (Lipinski definition) is 3. The summed E-state index contributed by atoms with van der Waals surface area (Å²) in [6.45, 7) is 2.73. The van der Waals surface area contributed by atoms with Crippen LogP contribution in [0.4, 0.5) is 10.5 Å². The molecule has 6 heteroatoms. The highest BCUT2D eigenvalue weighted by molar-refractivity contribution is 5.79. The first-order valence-electron chi connectivity index (χ1n) is 9.34. The molecule has 0 bridgehead atoms. The van der Waals surface area contributed by atoms with Crippen molar-refractivity contribution in [2.75, 3.05) is 31.1 Å². The minimum absolute atomic E-state index is 0.133. The first-order chi connectivity index (χ1) is 12.2. The Morgan fingerprint density at radius 2 is 1.72 bits per heavy atom. The van der Waals surface area contributed by atoms with Crippen molar-refractivity contribution in [3.05, 3.63) is 30.3 Å². The molecule has 136 valence electrons. The Morgan fingerprint density at radius 3 is 2.48 bits per heavy atom. The maximum atomic E-state index is 12.0. The summed E-state index contributed by atoms with van der Waals surface area (Å²) >= 11 is 0. The van der Waals surface area contributed by atoms with Crippen LogP contribution in [0.3, 0.4) is 0 Å². The van der Waals surface area contributed by atoms with E-state index in [4.69, 9.17) is 0 Å². The lowest BCUT2D eigenvalue weighted by molar-refractivity contribution is -0.124.